The number of nitrogens with zero attached hydrogens (tertiary/aromatic N) is 5. The van der Waals surface area contributed by atoms with Crippen LogP contribution in [0.1, 0.15) is 18.5 Å². The van der Waals surface area contributed by atoms with E-state index in [9.17, 15) is 0 Å². The molecule has 1 saturated heterocycles. The first-order valence-corrected chi connectivity index (χ1v) is 7.38. The van der Waals surface area contributed by atoms with Crippen molar-refractivity contribution < 1.29 is 4.74 Å². The first-order valence-electron chi connectivity index (χ1n) is 7.00. The van der Waals surface area contributed by atoms with E-state index in [1.165, 1.54) is 0 Å². The van der Waals surface area contributed by atoms with E-state index in [0.717, 1.165) is 31.6 Å². The first kappa shape index (κ1) is 14.0. The average molecular weight is 306 g/mol. The fourth-order valence-corrected chi connectivity index (χ4v) is 2.39. The second-order valence-corrected chi connectivity index (χ2v) is 5.14. The molecule has 0 spiro atoms. The van der Waals surface area contributed by atoms with Gasteiger partial charge >= 0.3 is 6.01 Å². The van der Waals surface area contributed by atoms with Crippen molar-refractivity contribution in [2.75, 3.05) is 24.6 Å². The molecule has 0 unspecified atom stereocenters. The normalized spacial score (nSPS) is 14.4. The van der Waals surface area contributed by atoms with Crippen LogP contribution in [0.4, 0.5) is 5.95 Å². The highest BCUT2D eigenvalue weighted by Gasteiger charge is 2.17. The zero-order chi connectivity index (χ0) is 14.5. The van der Waals surface area contributed by atoms with Gasteiger partial charge in [0.25, 0.3) is 0 Å². The Morgan fingerprint density at radius 2 is 2.00 bits per heavy atom. The molecule has 110 valence electrons. The number of aromatic nitrogens is 4. The van der Waals surface area contributed by atoms with Crippen molar-refractivity contribution >= 4 is 17.5 Å². The Hall–Kier alpha value is -1.95. The summed E-state index contributed by atoms with van der Waals surface area (Å²) < 4.78 is 5.58. The van der Waals surface area contributed by atoms with Gasteiger partial charge in [0.05, 0.1) is 6.61 Å². The van der Waals surface area contributed by atoms with Gasteiger partial charge in [0.1, 0.15) is 0 Å². The number of hydrogen-bond donors (Lipinski definition) is 0. The van der Waals surface area contributed by atoms with Gasteiger partial charge in [-0.15, -0.1) is 0 Å². The molecule has 0 bridgehead atoms. The molecule has 0 amide bonds. The average Bonchev–Trinajstić information content (AvgIpc) is 3.02. The molecule has 0 radical (unpaired) electrons. The van der Waals surface area contributed by atoms with E-state index in [1.54, 1.807) is 6.20 Å². The lowest BCUT2D eigenvalue weighted by molar-refractivity contribution is 0.294. The Morgan fingerprint density at radius 1 is 1.14 bits per heavy atom. The third-order valence-corrected chi connectivity index (χ3v) is 3.45. The third kappa shape index (κ3) is 3.78. The summed E-state index contributed by atoms with van der Waals surface area (Å²) in [5, 5.41) is 0.166. The zero-order valence-corrected chi connectivity index (χ0v) is 12.3. The van der Waals surface area contributed by atoms with Crippen molar-refractivity contribution in [3.63, 3.8) is 0 Å². The van der Waals surface area contributed by atoms with Gasteiger partial charge in [0.2, 0.25) is 11.2 Å². The molecule has 3 rings (SSSR count). The first-order chi connectivity index (χ1) is 10.3. The highest BCUT2D eigenvalue weighted by atomic mass is 35.5. The van der Waals surface area contributed by atoms with Crippen LogP contribution in [0.3, 0.4) is 0 Å². The molecular weight excluding hydrogens is 290 g/mol. The van der Waals surface area contributed by atoms with Crippen molar-refractivity contribution in [1.82, 2.24) is 19.9 Å². The van der Waals surface area contributed by atoms with Crippen LogP contribution < -0.4 is 9.64 Å². The highest BCUT2D eigenvalue weighted by molar-refractivity contribution is 6.28. The van der Waals surface area contributed by atoms with Gasteiger partial charge < -0.3 is 9.64 Å². The Labute approximate surface area is 128 Å². The van der Waals surface area contributed by atoms with Gasteiger partial charge in [-0.25, -0.2) is 0 Å². The molecule has 0 aromatic carbocycles. The van der Waals surface area contributed by atoms with Crippen LogP contribution in [0.2, 0.25) is 5.28 Å². The molecule has 6 nitrogen and oxygen atoms in total. The summed E-state index contributed by atoms with van der Waals surface area (Å²) in [6.07, 6.45) is 4.77. The van der Waals surface area contributed by atoms with Gasteiger partial charge in [0, 0.05) is 31.4 Å². The molecule has 7 heteroatoms. The van der Waals surface area contributed by atoms with Crippen molar-refractivity contribution in [3.05, 3.63) is 35.4 Å². The standard InChI is InChI=1S/C14H16ClN5O/c15-12-17-13(20-8-3-4-9-20)19-14(18-12)21-10-6-11-5-1-2-7-16-11/h1-2,5,7H,3-4,6,8-10H2. The van der Waals surface area contributed by atoms with Crippen molar-refractivity contribution in [2.45, 2.75) is 19.3 Å². The Bertz CT molecular complexity index is 589. The third-order valence-electron chi connectivity index (χ3n) is 3.28. The quantitative estimate of drug-likeness (QED) is 0.843. The van der Waals surface area contributed by atoms with Crippen LogP contribution in [0.15, 0.2) is 24.4 Å². The maximum atomic E-state index is 5.94. The molecule has 1 fully saturated rings. The van der Waals surface area contributed by atoms with Crippen LogP contribution >= 0.6 is 11.6 Å². The minimum atomic E-state index is 0.166. The topological polar surface area (TPSA) is 64.0 Å². The van der Waals surface area contributed by atoms with Gasteiger partial charge in [0.15, 0.2) is 0 Å². The number of halogens is 1. The molecule has 3 heterocycles. The summed E-state index contributed by atoms with van der Waals surface area (Å²) in [5.74, 6) is 0.598. The molecule has 0 aliphatic carbocycles. The number of pyridine rings is 1. The Morgan fingerprint density at radius 3 is 2.76 bits per heavy atom. The Balaban J connectivity index is 1.62. The van der Waals surface area contributed by atoms with Crippen molar-refractivity contribution in [1.29, 1.82) is 0 Å². The fraction of sp³-hybridized carbons (Fsp3) is 0.429. The van der Waals surface area contributed by atoms with E-state index < -0.39 is 0 Å². The van der Waals surface area contributed by atoms with Gasteiger partial charge in [-0.05, 0) is 36.6 Å². The van der Waals surface area contributed by atoms with E-state index in [2.05, 4.69) is 24.8 Å². The van der Waals surface area contributed by atoms with Crippen molar-refractivity contribution in [2.24, 2.45) is 0 Å². The zero-order valence-electron chi connectivity index (χ0n) is 11.6. The minimum Gasteiger partial charge on any atom is -0.463 e. The summed E-state index contributed by atoms with van der Waals surface area (Å²) in [5.41, 5.74) is 0.970. The van der Waals surface area contributed by atoms with Gasteiger partial charge in [-0.3, -0.25) is 4.98 Å². The summed E-state index contributed by atoms with van der Waals surface area (Å²) in [7, 11) is 0. The minimum absolute atomic E-state index is 0.166. The molecule has 21 heavy (non-hydrogen) atoms. The number of anilines is 1. The second kappa shape index (κ2) is 6.67. The predicted octanol–water partition coefficient (Wildman–Crippen LogP) is 2.14. The van der Waals surface area contributed by atoms with Crippen LogP contribution in [0.5, 0.6) is 6.01 Å². The fourth-order valence-electron chi connectivity index (χ4n) is 2.24. The summed E-state index contributed by atoms with van der Waals surface area (Å²) in [6, 6.07) is 6.07. The summed E-state index contributed by atoms with van der Waals surface area (Å²) >= 11 is 5.94. The lowest BCUT2D eigenvalue weighted by Crippen LogP contribution is -2.21. The lowest BCUT2D eigenvalue weighted by Gasteiger charge is -2.15. The SMILES string of the molecule is Clc1nc(OCCc2ccccn2)nc(N2CCCC2)n1. The molecular formula is C14H16ClN5O. The molecule has 1 aliphatic rings. The molecule has 2 aromatic heterocycles. The molecule has 0 N–H and O–H groups in total. The van der Waals surface area contributed by atoms with Crippen LogP contribution in [0.25, 0.3) is 0 Å². The molecule has 2 aromatic rings. The van der Waals surface area contributed by atoms with Crippen LogP contribution in [-0.2, 0) is 6.42 Å². The van der Waals surface area contributed by atoms with E-state index >= 15 is 0 Å². The second-order valence-electron chi connectivity index (χ2n) is 4.80. The monoisotopic (exact) mass is 305 g/mol. The maximum absolute atomic E-state index is 5.94. The number of rotatable bonds is 5. The van der Waals surface area contributed by atoms with E-state index in [4.69, 9.17) is 16.3 Å². The van der Waals surface area contributed by atoms with Crippen LogP contribution in [0, 0.1) is 0 Å². The lowest BCUT2D eigenvalue weighted by atomic mass is 10.3. The molecule has 1 aliphatic heterocycles. The predicted molar refractivity (Wildman–Crippen MR) is 79.7 cm³/mol. The highest BCUT2D eigenvalue weighted by Crippen LogP contribution is 2.19. The number of ether oxygens (including phenoxy) is 1. The van der Waals surface area contributed by atoms with Gasteiger partial charge in [-0.2, -0.15) is 15.0 Å². The summed E-state index contributed by atoms with van der Waals surface area (Å²) in [4.78, 5) is 18.8. The largest absolute Gasteiger partial charge is 0.463 e. The van der Waals surface area contributed by atoms with E-state index in [-0.39, 0.29) is 11.3 Å². The van der Waals surface area contributed by atoms with Crippen LogP contribution in [-0.4, -0.2) is 39.6 Å². The molecule has 0 atom stereocenters. The van der Waals surface area contributed by atoms with Gasteiger partial charge in [-0.1, -0.05) is 6.07 Å². The number of hydrogen-bond acceptors (Lipinski definition) is 6. The van der Waals surface area contributed by atoms with E-state index in [0.29, 0.717) is 19.0 Å². The Kier molecular flexibility index (Phi) is 4.45. The molecule has 0 saturated carbocycles. The van der Waals surface area contributed by atoms with E-state index in [1.807, 2.05) is 18.2 Å². The smallest absolute Gasteiger partial charge is 0.322 e. The van der Waals surface area contributed by atoms with Crippen molar-refractivity contribution in [3.8, 4) is 6.01 Å². The maximum Gasteiger partial charge on any atom is 0.322 e. The summed E-state index contributed by atoms with van der Waals surface area (Å²) in [6.45, 7) is 2.36.